The van der Waals surface area contributed by atoms with Gasteiger partial charge in [0.1, 0.15) is 0 Å². The van der Waals surface area contributed by atoms with Crippen LogP contribution in [0, 0.1) is 11.8 Å². The summed E-state index contributed by atoms with van der Waals surface area (Å²) in [4.78, 5) is 11.1. The highest BCUT2D eigenvalue weighted by Gasteiger charge is 2.17. The molecule has 0 atom stereocenters. The van der Waals surface area contributed by atoms with Crippen LogP contribution in [0.15, 0.2) is 12.2 Å². The zero-order chi connectivity index (χ0) is 13.4. The van der Waals surface area contributed by atoms with Gasteiger partial charge in [-0.1, -0.05) is 58.4 Å². The maximum Gasteiger partial charge on any atom is 0.333 e. The third-order valence-corrected chi connectivity index (χ3v) is 3.97. The Hall–Kier alpha value is -0.790. The predicted molar refractivity (Wildman–Crippen MR) is 75.4 cm³/mol. The summed E-state index contributed by atoms with van der Waals surface area (Å²) in [7, 11) is 0. The van der Waals surface area contributed by atoms with Crippen LogP contribution >= 0.6 is 0 Å². The number of rotatable bonds is 7. The highest BCUT2D eigenvalue weighted by atomic mass is 16.5. The smallest absolute Gasteiger partial charge is 0.333 e. The minimum Gasteiger partial charge on any atom is -0.462 e. The molecule has 1 rings (SSSR count). The number of unbranched alkanes of at least 4 members (excludes halogenated alkanes) is 2. The molecule has 0 aromatic carbocycles. The first-order valence-corrected chi connectivity index (χ1v) is 7.42. The summed E-state index contributed by atoms with van der Waals surface area (Å²) < 4.78 is 5.07. The Morgan fingerprint density at radius 2 is 1.83 bits per heavy atom. The third-order valence-electron chi connectivity index (χ3n) is 3.97. The number of carbonyl (C=O) groups is 1. The summed E-state index contributed by atoms with van der Waals surface area (Å²) >= 11 is 0. The van der Waals surface area contributed by atoms with E-state index < -0.39 is 0 Å². The van der Waals surface area contributed by atoms with Gasteiger partial charge in [-0.3, -0.25) is 0 Å². The molecule has 1 saturated carbocycles. The summed E-state index contributed by atoms with van der Waals surface area (Å²) in [6.45, 7) is 8.17. The molecule has 0 spiro atoms. The van der Waals surface area contributed by atoms with Crippen LogP contribution in [0.5, 0.6) is 0 Å². The van der Waals surface area contributed by atoms with Crippen LogP contribution in [0.3, 0.4) is 0 Å². The van der Waals surface area contributed by atoms with Gasteiger partial charge in [-0.2, -0.15) is 0 Å². The van der Waals surface area contributed by atoms with E-state index in [1.54, 1.807) is 6.92 Å². The van der Waals surface area contributed by atoms with Crippen LogP contribution in [-0.4, -0.2) is 12.6 Å². The molecule has 0 radical (unpaired) electrons. The van der Waals surface area contributed by atoms with Gasteiger partial charge in [0, 0.05) is 5.57 Å². The van der Waals surface area contributed by atoms with Crippen molar-refractivity contribution in [1.82, 2.24) is 0 Å². The fraction of sp³-hybridized carbons (Fsp3) is 0.812. The lowest BCUT2D eigenvalue weighted by Gasteiger charge is -2.25. The van der Waals surface area contributed by atoms with Crippen molar-refractivity contribution < 1.29 is 9.53 Å². The summed E-state index contributed by atoms with van der Waals surface area (Å²) in [5.41, 5.74) is 0.492. The van der Waals surface area contributed by atoms with Crippen molar-refractivity contribution >= 4 is 5.97 Å². The van der Waals surface area contributed by atoms with Gasteiger partial charge in [0.05, 0.1) is 6.61 Å². The molecule has 1 aliphatic carbocycles. The van der Waals surface area contributed by atoms with Crippen LogP contribution < -0.4 is 0 Å². The number of esters is 1. The van der Waals surface area contributed by atoms with E-state index in [1.807, 2.05) is 0 Å². The molecule has 18 heavy (non-hydrogen) atoms. The minimum atomic E-state index is -0.253. The second-order valence-corrected chi connectivity index (χ2v) is 5.89. The van der Waals surface area contributed by atoms with Gasteiger partial charge in [-0.05, 0) is 25.2 Å². The summed E-state index contributed by atoms with van der Waals surface area (Å²) in [6, 6.07) is 0. The van der Waals surface area contributed by atoms with Crippen LogP contribution in [0.4, 0.5) is 0 Å². The first-order chi connectivity index (χ1) is 8.59. The molecule has 2 nitrogen and oxygen atoms in total. The lowest BCUT2D eigenvalue weighted by molar-refractivity contribution is -0.139. The molecule has 0 unspecified atom stereocenters. The standard InChI is InChI=1S/C16H28O2/c1-13(2)16(17)18-12-6-4-5-7-15-10-8-14(3)9-11-15/h14-15H,1,4-12H2,2-3H3. The number of hydrogen-bond donors (Lipinski definition) is 0. The molecule has 0 aromatic heterocycles. The van der Waals surface area contributed by atoms with E-state index in [1.165, 1.54) is 44.9 Å². The lowest BCUT2D eigenvalue weighted by Crippen LogP contribution is -2.12. The fourth-order valence-corrected chi connectivity index (χ4v) is 2.62. The maximum atomic E-state index is 11.1. The van der Waals surface area contributed by atoms with Gasteiger partial charge < -0.3 is 4.74 Å². The van der Waals surface area contributed by atoms with E-state index in [9.17, 15) is 4.79 Å². The normalized spacial score (nSPS) is 23.7. The number of ether oxygens (including phenoxy) is 1. The van der Waals surface area contributed by atoms with Gasteiger partial charge >= 0.3 is 5.97 Å². The van der Waals surface area contributed by atoms with E-state index >= 15 is 0 Å². The van der Waals surface area contributed by atoms with Crippen molar-refractivity contribution in [3.63, 3.8) is 0 Å². The molecular weight excluding hydrogens is 224 g/mol. The number of carbonyl (C=O) groups excluding carboxylic acids is 1. The van der Waals surface area contributed by atoms with Crippen molar-refractivity contribution in [2.45, 2.75) is 65.2 Å². The summed E-state index contributed by atoms with van der Waals surface area (Å²) in [5, 5.41) is 0. The molecular formula is C16H28O2. The first-order valence-electron chi connectivity index (χ1n) is 7.42. The van der Waals surface area contributed by atoms with Crippen molar-refractivity contribution in [2.75, 3.05) is 6.61 Å². The molecule has 0 bridgehead atoms. The van der Waals surface area contributed by atoms with E-state index in [0.29, 0.717) is 12.2 Å². The second kappa shape index (κ2) is 8.34. The highest BCUT2D eigenvalue weighted by molar-refractivity contribution is 5.86. The van der Waals surface area contributed by atoms with E-state index in [0.717, 1.165) is 18.3 Å². The molecule has 0 heterocycles. The van der Waals surface area contributed by atoms with Crippen molar-refractivity contribution in [2.24, 2.45) is 11.8 Å². The van der Waals surface area contributed by atoms with Gasteiger partial charge in [-0.15, -0.1) is 0 Å². The SMILES string of the molecule is C=C(C)C(=O)OCCCCCC1CCC(C)CC1. The lowest BCUT2D eigenvalue weighted by atomic mass is 9.80. The van der Waals surface area contributed by atoms with Gasteiger partial charge in [0.25, 0.3) is 0 Å². The maximum absolute atomic E-state index is 11.1. The second-order valence-electron chi connectivity index (χ2n) is 5.89. The Balaban J connectivity index is 1.93. The fourth-order valence-electron chi connectivity index (χ4n) is 2.62. The zero-order valence-electron chi connectivity index (χ0n) is 12.0. The van der Waals surface area contributed by atoms with E-state index in [2.05, 4.69) is 13.5 Å². The monoisotopic (exact) mass is 252 g/mol. The molecule has 0 saturated heterocycles. The molecule has 2 heteroatoms. The Labute approximate surface area is 112 Å². The van der Waals surface area contributed by atoms with Crippen molar-refractivity contribution in [1.29, 1.82) is 0 Å². The molecule has 1 aliphatic rings. The van der Waals surface area contributed by atoms with Crippen LogP contribution in [0.2, 0.25) is 0 Å². The van der Waals surface area contributed by atoms with Crippen molar-refractivity contribution in [3.05, 3.63) is 12.2 Å². The molecule has 0 aliphatic heterocycles. The van der Waals surface area contributed by atoms with Crippen LogP contribution in [0.1, 0.15) is 65.2 Å². The Morgan fingerprint density at radius 1 is 1.17 bits per heavy atom. The van der Waals surface area contributed by atoms with E-state index in [-0.39, 0.29) is 5.97 Å². The Morgan fingerprint density at radius 3 is 2.44 bits per heavy atom. The van der Waals surface area contributed by atoms with Gasteiger partial charge in [0.2, 0.25) is 0 Å². The summed E-state index contributed by atoms with van der Waals surface area (Å²) in [6.07, 6.45) is 10.5. The predicted octanol–water partition coefficient (Wildman–Crippen LogP) is 4.49. The Bertz CT molecular complexity index is 262. The minimum absolute atomic E-state index is 0.253. The quantitative estimate of drug-likeness (QED) is 0.379. The Kier molecular flexibility index (Phi) is 7.07. The molecule has 0 N–H and O–H groups in total. The van der Waals surface area contributed by atoms with E-state index in [4.69, 9.17) is 4.74 Å². The average molecular weight is 252 g/mol. The van der Waals surface area contributed by atoms with Crippen LogP contribution in [0.25, 0.3) is 0 Å². The molecule has 0 aromatic rings. The average Bonchev–Trinajstić information content (AvgIpc) is 2.35. The largest absolute Gasteiger partial charge is 0.462 e. The van der Waals surface area contributed by atoms with Gasteiger partial charge in [-0.25, -0.2) is 4.79 Å². The van der Waals surface area contributed by atoms with Crippen molar-refractivity contribution in [3.8, 4) is 0 Å². The molecule has 1 fully saturated rings. The van der Waals surface area contributed by atoms with Gasteiger partial charge in [0.15, 0.2) is 0 Å². The summed E-state index contributed by atoms with van der Waals surface area (Å²) in [5.74, 6) is 1.65. The highest BCUT2D eigenvalue weighted by Crippen LogP contribution is 2.31. The third kappa shape index (κ3) is 6.23. The molecule has 104 valence electrons. The molecule has 0 amide bonds. The number of hydrogen-bond acceptors (Lipinski definition) is 2. The first kappa shape index (κ1) is 15.3. The van der Waals surface area contributed by atoms with Crippen LogP contribution in [-0.2, 0) is 9.53 Å². The zero-order valence-corrected chi connectivity index (χ0v) is 12.0. The topological polar surface area (TPSA) is 26.3 Å².